The number of aryl methyl sites for hydroxylation is 3. The Morgan fingerprint density at radius 2 is 1.68 bits per heavy atom. The Hall–Kier alpha value is -2.09. The van der Waals surface area contributed by atoms with Gasteiger partial charge < -0.3 is 9.47 Å². The minimum absolute atomic E-state index is 0.0947. The first kappa shape index (κ1) is 22.2. The smallest absolute Gasteiger partial charge is 0.424 e. The van der Waals surface area contributed by atoms with Gasteiger partial charge in [0.25, 0.3) is 10.0 Å². The number of hydrogen-bond donors (Lipinski definition) is 0. The van der Waals surface area contributed by atoms with Crippen LogP contribution in [0, 0.1) is 32.1 Å². The lowest BCUT2D eigenvalue weighted by atomic mass is 9.79. The van der Waals surface area contributed by atoms with Crippen molar-refractivity contribution in [2.75, 3.05) is 7.11 Å². The molecule has 156 valence electrons. The number of nitrogens with zero attached hydrogens (tertiary/aromatic N) is 1. The van der Waals surface area contributed by atoms with E-state index in [1.165, 1.54) is 7.11 Å². The molecule has 1 amide bonds. The van der Waals surface area contributed by atoms with E-state index in [1.54, 1.807) is 53.7 Å². The number of cyclic esters (lactones) is 1. The summed E-state index contributed by atoms with van der Waals surface area (Å²) in [6.07, 6.45) is -1.94. The molecule has 2 atom stereocenters. The van der Waals surface area contributed by atoms with E-state index < -0.39 is 39.6 Å². The molecular weight excluding hydrogens is 382 g/mol. The van der Waals surface area contributed by atoms with E-state index in [1.807, 2.05) is 6.92 Å². The monoisotopic (exact) mass is 411 g/mol. The van der Waals surface area contributed by atoms with Crippen LogP contribution in [0.15, 0.2) is 17.0 Å². The number of sulfonamides is 1. The van der Waals surface area contributed by atoms with Crippen molar-refractivity contribution in [3.63, 3.8) is 0 Å². The number of esters is 1. The predicted molar refractivity (Wildman–Crippen MR) is 104 cm³/mol. The summed E-state index contributed by atoms with van der Waals surface area (Å²) in [6.45, 7) is 12.1. The maximum absolute atomic E-state index is 13.5. The molecule has 7 nitrogen and oxygen atoms in total. The van der Waals surface area contributed by atoms with Crippen molar-refractivity contribution in [3.05, 3.63) is 28.8 Å². The topological polar surface area (TPSA) is 90.0 Å². The molecule has 0 radical (unpaired) electrons. The maximum Gasteiger partial charge on any atom is 0.424 e. The number of hydrogen-bond acceptors (Lipinski definition) is 6. The first-order valence-corrected chi connectivity index (χ1v) is 10.6. The fraction of sp³-hybridized carbons (Fsp3) is 0.600. The van der Waals surface area contributed by atoms with Crippen LogP contribution in [0.2, 0.25) is 0 Å². The summed E-state index contributed by atoms with van der Waals surface area (Å²) in [5, 5.41) is 0. The van der Waals surface area contributed by atoms with Crippen LogP contribution in [0.25, 0.3) is 0 Å². The van der Waals surface area contributed by atoms with Crippen LogP contribution in [0.5, 0.6) is 0 Å². The molecule has 28 heavy (non-hydrogen) atoms. The number of carbonyl (C=O) groups excluding carboxylic acids is 2. The fourth-order valence-electron chi connectivity index (χ4n) is 3.98. The Labute approximate surface area is 167 Å². The van der Waals surface area contributed by atoms with Crippen molar-refractivity contribution in [2.45, 2.75) is 65.5 Å². The standard InChI is InChI=1S/C20H29NO6S/c1-11(2)15-17(20(6,7)18(22)26-8)27-19(23)21(15)28(24,25)16-13(4)9-12(3)10-14(16)5/h9-11,15,17H,1-8H3. The van der Waals surface area contributed by atoms with Crippen LogP contribution in [0.4, 0.5) is 4.79 Å². The van der Waals surface area contributed by atoms with Gasteiger partial charge in [-0.05, 0) is 51.7 Å². The number of ether oxygens (including phenoxy) is 2. The quantitative estimate of drug-likeness (QED) is 0.690. The summed E-state index contributed by atoms with van der Waals surface area (Å²) in [4.78, 5) is 25.1. The van der Waals surface area contributed by atoms with Crippen molar-refractivity contribution in [1.82, 2.24) is 4.31 Å². The summed E-state index contributed by atoms with van der Waals surface area (Å²) < 4.78 is 38.2. The van der Waals surface area contributed by atoms with E-state index in [-0.39, 0.29) is 10.8 Å². The molecule has 0 aromatic heterocycles. The minimum Gasteiger partial charge on any atom is -0.468 e. The molecular formula is C20H29NO6S. The molecule has 1 aromatic carbocycles. The van der Waals surface area contributed by atoms with Crippen molar-refractivity contribution in [3.8, 4) is 0 Å². The largest absolute Gasteiger partial charge is 0.468 e. The second kappa shape index (κ2) is 7.39. The number of methoxy groups -OCH3 is 1. The van der Waals surface area contributed by atoms with Gasteiger partial charge in [-0.15, -0.1) is 0 Å². The van der Waals surface area contributed by atoms with Crippen LogP contribution in [0.1, 0.15) is 44.4 Å². The molecule has 2 unspecified atom stereocenters. The second-order valence-corrected chi connectivity index (χ2v) is 10.0. The van der Waals surface area contributed by atoms with E-state index in [4.69, 9.17) is 9.47 Å². The molecule has 2 rings (SSSR count). The highest BCUT2D eigenvalue weighted by Gasteiger charge is 2.58. The number of amides is 1. The maximum atomic E-state index is 13.5. The highest BCUT2D eigenvalue weighted by molar-refractivity contribution is 7.89. The van der Waals surface area contributed by atoms with Gasteiger partial charge in [0.05, 0.1) is 18.0 Å². The number of benzene rings is 1. The summed E-state index contributed by atoms with van der Waals surface area (Å²) in [7, 11) is -2.93. The summed E-state index contributed by atoms with van der Waals surface area (Å²) in [5.74, 6) is -0.848. The Morgan fingerprint density at radius 1 is 1.18 bits per heavy atom. The molecule has 0 bridgehead atoms. The second-order valence-electron chi connectivity index (χ2n) is 8.28. The molecule has 1 fully saturated rings. The molecule has 1 aliphatic heterocycles. The third-order valence-corrected chi connectivity index (χ3v) is 7.29. The van der Waals surface area contributed by atoms with Gasteiger partial charge in [0.15, 0.2) is 0 Å². The molecule has 1 aliphatic rings. The average molecular weight is 412 g/mol. The van der Waals surface area contributed by atoms with Crippen molar-refractivity contribution >= 4 is 22.1 Å². The van der Waals surface area contributed by atoms with Crippen LogP contribution in [-0.4, -0.2) is 44.0 Å². The van der Waals surface area contributed by atoms with Gasteiger partial charge in [-0.2, -0.15) is 4.31 Å². The van der Waals surface area contributed by atoms with E-state index in [2.05, 4.69) is 0 Å². The van der Waals surface area contributed by atoms with Crippen molar-refractivity contribution in [2.24, 2.45) is 11.3 Å². The number of carbonyl (C=O) groups is 2. The zero-order valence-corrected chi connectivity index (χ0v) is 18.5. The van der Waals surface area contributed by atoms with Gasteiger partial charge in [-0.25, -0.2) is 13.2 Å². The van der Waals surface area contributed by atoms with Crippen LogP contribution in [-0.2, 0) is 24.3 Å². The SMILES string of the molecule is COC(=O)C(C)(C)C1OC(=O)N(S(=O)(=O)c2c(C)cc(C)cc2C)C1C(C)C. The lowest BCUT2D eigenvalue weighted by Gasteiger charge is -2.34. The number of rotatable bonds is 5. The molecule has 1 heterocycles. The van der Waals surface area contributed by atoms with E-state index in [9.17, 15) is 18.0 Å². The van der Waals surface area contributed by atoms with E-state index in [0.29, 0.717) is 11.1 Å². The third-order valence-electron chi connectivity index (χ3n) is 5.22. The highest BCUT2D eigenvalue weighted by Crippen LogP contribution is 2.41. The van der Waals surface area contributed by atoms with Gasteiger partial charge in [0.2, 0.25) is 0 Å². The molecule has 0 N–H and O–H groups in total. The molecule has 0 saturated carbocycles. The first-order valence-electron chi connectivity index (χ1n) is 9.18. The Morgan fingerprint density at radius 3 is 2.11 bits per heavy atom. The first-order chi connectivity index (χ1) is 12.8. The van der Waals surface area contributed by atoms with Gasteiger partial charge in [-0.3, -0.25) is 4.79 Å². The Balaban J connectivity index is 2.64. The van der Waals surface area contributed by atoms with E-state index >= 15 is 0 Å². The average Bonchev–Trinajstić information content (AvgIpc) is 2.91. The lowest BCUT2D eigenvalue weighted by molar-refractivity contribution is -0.157. The van der Waals surface area contributed by atoms with Crippen molar-refractivity contribution in [1.29, 1.82) is 0 Å². The normalized spacial score (nSPS) is 20.5. The van der Waals surface area contributed by atoms with Crippen LogP contribution < -0.4 is 0 Å². The summed E-state index contributed by atoms with van der Waals surface area (Å²) in [5.41, 5.74) is 0.844. The van der Waals surface area contributed by atoms with Crippen LogP contribution in [0.3, 0.4) is 0 Å². The molecule has 1 saturated heterocycles. The summed E-state index contributed by atoms with van der Waals surface area (Å²) in [6, 6.07) is 2.69. The van der Waals surface area contributed by atoms with E-state index in [0.717, 1.165) is 9.87 Å². The molecule has 1 aromatic rings. The van der Waals surface area contributed by atoms with Gasteiger partial charge >= 0.3 is 12.1 Å². The van der Waals surface area contributed by atoms with Gasteiger partial charge in [0, 0.05) is 0 Å². The molecule has 0 aliphatic carbocycles. The lowest BCUT2D eigenvalue weighted by Crippen LogP contribution is -2.51. The van der Waals surface area contributed by atoms with Crippen molar-refractivity contribution < 1.29 is 27.5 Å². The van der Waals surface area contributed by atoms with Gasteiger partial charge in [-0.1, -0.05) is 31.5 Å². The van der Waals surface area contributed by atoms with Gasteiger partial charge in [0.1, 0.15) is 11.5 Å². The Bertz CT molecular complexity index is 880. The fourth-order valence-corrected chi connectivity index (χ4v) is 6.02. The molecule has 8 heteroatoms. The zero-order chi connectivity index (χ0) is 21.6. The minimum atomic E-state index is -4.18. The Kier molecular flexibility index (Phi) is 5.86. The zero-order valence-electron chi connectivity index (χ0n) is 17.7. The molecule has 0 spiro atoms. The third kappa shape index (κ3) is 3.50. The predicted octanol–water partition coefficient (Wildman–Crippen LogP) is 3.35. The summed E-state index contributed by atoms with van der Waals surface area (Å²) >= 11 is 0. The van der Waals surface area contributed by atoms with Crippen LogP contribution >= 0.6 is 0 Å². The highest BCUT2D eigenvalue weighted by atomic mass is 32.2.